The summed E-state index contributed by atoms with van der Waals surface area (Å²) in [6, 6.07) is 8.58. The molecular formula is C11H7ClN2O2S. The van der Waals surface area contributed by atoms with Crippen LogP contribution in [0.4, 0.5) is 0 Å². The van der Waals surface area contributed by atoms with Crippen LogP contribution in [0.1, 0.15) is 10.4 Å². The summed E-state index contributed by atoms with van der Waals surface area (Å²) in [7, 11) is 0. The zero-order chi connectivity index (χ0) is 12.3. The van der Waals surface area contributed by atoms with Crippen molar-refractivity contribution in [3.05, 3.63) is 47.1 Å². The fourth-order valence-electron chi connectivity index (χ4n) is 1.19. The van der Waals surface area contributed by atoms with Gasteiger partial charge in [-0.05, 0) is 18.2 Å². The molecule has 17 heavy (non-hydrogen) atoms. The molecule has 0 radical (unpaired) electrons. The Bertz CT molecular complexity index is 563. The van der Waals surface area contributed by atoms with E-state index < -0.39 is 5.97 Å². The zero-order valence-corrected chi connectivity index (χ0v) is 10.1. The molecule has 6 heteroatoms. The predicted octanol–water partition coefficient (Wildman–Crippen LogP) is 2.98. The van der Waals surface area contributed by atoms with Crippen molar-refractivity contribution in [2.45, 2.75) is 9.92 Å². The van der Waals surface area contributed by atoms with Gasteiger partial charge in [0.15, 0.2) is 0 Å². The number of carboxylic acid groups (broad SMARTS) is 1. The van der Waals surface area contributed by atoms with Crippen molar-refractivity contribution in [1.82, 2.24) is 10.2 Å². The molecule has 0 amide bonds. The highest BCUT2D eigenvalue weighted by Crippen LogP contribution is 2.33. The highest BCUT2D eigenvalue weighted by Gasteiger charge is 2.13. The van der Waals surface area contributed by atoms with E-state index in [0.717, 1.165) is 4.90 Å². The van der Waals surface area contributed by atoms with Gasteiger partial charge in [-0.15, -0.1) is 5.10 Å². The molecule has 0 atom stereocenters. The Balaban J connectivity index is 2.37. The van der Waals surface area contributed by atoms with Crippen molar-refractivity contribution in [3.63, 3.8) is 0 Å². The number of benzene rings is 1. The maximum Gasteiger partial charge on any atom is 0.338 e. The van der Waals surface area contributed by atoms with Gasteiger partial charge in [0, 0.05) is 4.90 Å². The number of carboxylic acids is 1. The number of hydrogen-bond donors (Lipinski definition) is 1. The van der Waals surface area contributed by atoms with Crippen LogP contribution < -0.4 is 0 Å². The lowest BCUT2D eigenvalue weighted by Gasteiger charge is -2.04. The summed E-state index contributed by atoms with van der Waals surface area (Å²) in [4.78, 5) is 11.7. The summed E-state index contributed by atoms with van der Waals surface area (Å²) in [5, 5.41) is 17.4. The predicted molar refractivity (Wildman–Crippen MR) is 64.6 cm³/mol. The van der Waals surface area contributed by atoms with E-state index in [4.69, 9.17) is 16.7 Å². The first-order valence-corrected chi connectivity index (χ1v) is 5.85. The topological polar surface area (TPSA) is 63.1 Å². The SMILES string of the molecule is O=C(O)c1ccnnc1Sc1ccccc1Cl. The summed E-state index contributed by atoms with van der Waals surface area (Å²) < 4.78 is 0. The second-order valence-corrected chi connectivity index (χ2v) is 4.53. The molecule has 0 aliphatic heterocycles. The Morgan fingerprint density at radius 2 is 2.06 bits per heavy atom. The van der Waals surface area contributed by atoms with Gasteiger partial charge in [0.2, 0.25) is 0 Å². The van der Waals surface area contributed by atoms with Gasteiger partial charge in [-0.25, -0.2) is 4.79 Å². The lowest BCUT2D eigenvalue weighted by atomic mass is 10.3. The molecule has 0 saturated carbocycles. The van der Waals surface area contributed by atoms with Crippen LogP contribution in [-0.2, 0) is 0 Å². The Kier molecular flexibility index (Phi) is 3.61. The Hall–Kier alpha value is -1.59. The van der Waals surface area contributed by atoms with Crippen LogP contribution in [0.2, 0.25) is 5.02 Å². The van der Waals surface area contributed by atoms with Gasteiger partial charge in [-0.1, -0.05) is 35.5 Å². The third kappa shape index (κ3) is 2.75. The standard InChI is InChI=1S/C11H7ClN2O2S/c12-8-3-1-2-4-9(8)17-10-7(11(15)16)5-6-13-14-10/h1-6H,(H,15,16). The molecule has 2 aromatic rings. The molecule has 0 unspecified atom stereocenters. The van der Waals surface area contributed by atoms with E-state index in [1.54, 1.807) is 18.2 Å². The molecule has 4 nitrogen and oxygen atoms in total. The van der Waals surface area contributed by atoms with Crippen molar-refractivity contribution < 1.29 is 9.90 Å². The van der Waals surface area contributed by atoms with Crippen LogP contribution in [0.15, 0.2) is 46.5 Å². The molecule has 1 aromatic carbocycles. The van der Waals surface area contributed by atoms with Crippen LogP contribution in [0, 0.1) is 0 Å². The molecule has 86 valence electrons. The molecule has 0 aliphatic carbocycles. The monoisotopic (exact) mass is 266 g/mol. The highest BCUT2D eigenvalue weighted by molar-refractivity contribution is 7.99. The van der Waals surface area contributed by atoms with Crippen LogP contribution >= 0.6 is 23.4 Å². The number of aromatic nitrogens is 2. The Morgan fingerprint density at radius 1 is 1.29 bits per heavy atom. The second kappa shape index (κ2) is 5.16. The van der Waals surface area contributed by atoms with Crippen LogP contribution in [0.3, 0.4) is 0 Å². The molecule has 2 rings (SSSR count). The molecule has 1 heterocycles. The van der Waals surface area contributed by atoms with E-state index in [2.05, 4.69) is 10.2 Å². The maximum atomic E-state index is 11.0. The fraction of sp³-hybridized carbons (Fsp3) is 0. The third-order valence-electron chi connectivity index (χ3n) is 1.96. The quantitative estimate of drug-likeness (QED) is 0.925. The van der Waals surface area contributed by atoms with Crippen molar-refractivity contribution in [1.29, 1.82) is 0 Å². The third-order valence-corrected chi connectivity index (χ3v) is 3.47. The van der Waals surface area contributed by atoms with Gasteiger partial charge >= 0.3 is 5.97 Å². The van der Waals surface area contributed by atoms with Crippen molar-refractivity contribution in [2.75, 3.05) is 0 Å². The number of halogens is 1. The smallest absolute Gasteiger partial charge is 0.338 e. The Morgan fingerprint density at radius 3 is 2.76 bits per heavy atom. The molecule has 0 spiro atoms. The van der Waals surface area contributed by atoms with Crippen LogP contribution in [0.25, 0.3) is 0 Å². The van der Waals surface area contributed by atoms with Gasteiger partial charge in [-0.2, -0.15) is 5.10 Å². The molecular weight excluding hydrogens is 260 g/mol. The largest absolute Gasteiger partial charge is 0.478 e. The minimum Gasteiger partial charge on any atom is -0.478 e. The Labute approximate surface area is 107 Å². The van der Waals surface area contributed by atoms with Crippen molar-refractivity contribution >= 4 is 29.3 Å². The molecule has 0 aliphatic rings. The summed E-state index contributed by atoms with van der Waals surface area (Å²) in [6.07, 6.45) is 1.35. The summed E-state index contributed by atoms with van der Waals surface area (Å²) in [5.74, 6) is -1.03. The first-order valence-electron chi connectivity index (χ1n) is 4.66. The summed E-state index contributed by atoms with van der Waals surface area (Å²) in [6.45, 7) is 0. The second-order valence-electron chi connectivity index (χ2n) is 3.09. The van der Waals surface area contributed by atoms with E-state index in [0.29, 0.717) is 10.0 Å². The fourth-order valence-corrected chi connectivity index (χ4v) is 2.31. The number of aromatic carboxylic acids is 1. The normalized spacial score (nSPS) is 10.2. The van der Waals surface area contributed by atoms with Crippen LogP contribution in [0.5, 0.6) is 0 Å². The first kappa shape index (κ1) is 11.9. The summed E-state index contributed by atoms with van der Waals surface area (Å²) in [5.41, 5.74) is 0.116. The van der Waals surface area contributed by atoms with Crippen LogP contribution in [-0.4, -0.2) is 21.3 Å². The average Bonchev–Trinajstić information content (AvgIpc) is 2.32. The number of rotatable bonds is 3. The van der Waals surface area contributed by atoms with Gasteiger partial charge in [0.1, 0.15) is 5.03 Å². The van der Waals surface area contributed by atoms with E-state index in [1.165, 1.54) is 24.0 Å². The molecule has 0 fully saturated rings. The molecule has 0 bridgehead atoms. The lowest BCUT2D eigenvalue weighted by molar-refractivity contribution is 0.0692. The van der Waals surface area contributed by atoms with E-state index in [-0.39, 0.29) is 5.56 Å². The van der Waals surface area contributed by atoms with Gasteiger partial charge in [0.25, 0.3) is 0 Å². The van der Waals surface area contributed by atoms with E-state index >= 15 is 0 Å². The molecule has 1 aromatic heterocycles. The number of nitrogens with zero attached hydrogens (tertiary/aromatic N) is 2. The summed E-state index contributed by atoms with van der Waals surface area (Å²) >= 11 is 7.17. The molecule has 1 N–H and O–H groups in total. The highest BCUT2D eigenvalue weighted by atomic mass is 35.5. The molecule has 0 saturated heterocycles. The average molecular weight is 267 g/mol. The van der Waals surface area contributed by atoms with Gasteiger partial charge in [0.05, 0.1) is 16.8 Å². The minimum absolute atomic E-state index is 0.116. The van der Waals surface area contributed by atoms with Crippen molar-refractivity contribution in [3.8, 4) is 0 Å². The first-order chi connectivity index (χ1) is 8.18. The number of carbonyl (C=O) groups is 1. The minimum atomic E-state index is -1.03. The zero-order valence-electron chi connectivity index (χ0n) is 8.50. The maximum absolute atomic E-state index is 11.0. The van der Waals surface area contributed by atoms with E-state index in [1.807, 2.05) is 6.07 Å². The van der Waals surface area contributed by atoms with Crippen molar-refractivity contribution in [2.24, 2.45) is 0 Å². The van der Waals surface area contributed by atoms with E-state index in [9.17, 15) is 4.79 Å². The van der Waals surface area contributed by atoms with Gasteiger partial charge in [-0.3, -0.25) is 0 Å². The number of hydrogen-bond acceptors (Lipinski definition) is 4. The van der Waals surface area contributed by atoms with Gasteiger partial charge < -0.3 is 5.11 Å². The lowest BCUT2D eigenvalue weighted by Crippen LogP contribution is -2.01.